The quantitative estimate of drug-likeness (QED) is 0.0830. The number of ether oxygens (including phenoxy) is 3. The van der Waals surface area contributed by atoms with Crippen LogP contribution in [0.25, 0.3) is 11.1 Å². The van der Waals surface area contributed by atoms with E-state index in [1.165, 1.54) is 54.6 Å². The van der Waals surface area contributed by atoms with Crippen molar-refractivity contribution in [2.45, 2.75) is 86.9 Å². The maximum atomic E-state index is 15.9. The summed E-state index contributed by atoms with van der Waals surface area (Å²) >= 11 is 13.9. The molecule has 10 aliphatic rings. The molecule has 21 bridgehead atoms. The number of carboxylic acids is 1. The number of hydrogen-bond acceptors (Lipinski definition) is 18. The zero-order valence-corrected chi connectivity index (χ0v) is 52.1. The number of aliphatic hydroxyl groups is 1. The van der Waals surface area contributed by atoms with Gasteiger partial charge in [-0.1, -0.05) is 47.5 Å². The first kappa shape index (κ1) is 63.4. The third-order valence-electron chi connectivity index (χ3n) is 19.2. The number of amides is 7. The summed E-state index contributed by atoms with van der Waals surface area (Å²) in [5.41, 5.74) is -2.05. The van der Waals surface area contributed by atoms with Gasteiger partial charge in [-0.2, -0.15) is 0 Å². The zero-order chi connectivity index (χ0) is 68.2. The summed E-state index contributed by atoms with van der Waals surface area (Å²) in [4.78, 5) is 120. The number of carboxylic acid groups (broad SMARTS) is 1. The van der Waals surface area contributed by atoms with E-state index in [2.05, 4.69) is 37.2 Å². The molecule has 4 aliphatic carbocycles. The second-order valence-electron chi connectivity index (χ2n) is 25.5. The Labute approximate surface area is 559 Å². The van der Waals surface area contributed by atoms with Crippen LogP contribution in [0.1, 0.15) is 107 Å². The molecule has 6 heterocycles. The summed E-state index contributed by atoms with van der Waals surface area (Å²) in [7, 11) is 0. The summed E-state index contributed by atoms with van der Waals surface area (Å²) in [5.74, 6) is -14.7. The third-order valence-corrected chi connectivity index (χ3v) is 19.8. The van der Waals surface area contributed by atoms with E-state index in [0.717, 1.165) is 92.8 Å². The van der Waals surface area contributed by atoms with Crippen molar-refractivity contribution < 1.29 is 93.4 Å². The Kier molecular flexibility index (Phi) is 16.1. The van der Waals surface area contributed by atoms with Crippen LogP contribution in [0.5, 0.6) is 69.0 Å². The minimum Gasteiger partial charge on any atom is -0.508 e. The lowest BCUT2D eigenvalue weighted by molar-refractivity contribution is -0.143. The molecule has 0 saturated heterocycles. The summed E-state index contributed by atoms with van der Waals surface area (Å²) in [6, 6.07) is 8.27. The number of nitrogens with one attached hydrogen (secondary N) is 7. The number of phenolic OH excluding ortho intramolecular Hbond substituents is 6. The number of hydrogen-bond donors (Lipinski definition) is 15. The molecule has 28 heteroatoms. The Hall–Kier alpha value is -11.0. The van der Waals surface area contributed by atoms with Gasteiger partial charge < -0.3 is 92.3 Å². The number of aliphatic hydroxyl groups excluding tert-OH is 1. The van der Waals surface area contributed by atoms with Crippen LogP contribution in [-0.4, -0.2) is 100 Å². The molecule has 8 atom stereocenters. The molecule has 15 N–H and O–H groups in total. The molecule has 26 nitrogen and oxygen atoms in total. The van der Waals surface area contributed by atoms with Crippen LogP contribution in [-0.2, 0) is 44.8 Å². The molecule has 7 aromatic rings. The lowest BCUT2D eigenvalue weighted by Crippen LogP contribution is -2.56. The fourth-order valence-electron chi connectivity index (χ4n) is 14.9. The minimum absolute atomic E-state index is 0.0819. The first-order valence-corrected chi connectivity index (χ1v) is 31.7. The fraction of sp³-hybridized carbons (Fsp3) is 0.275. The topological polar surface area (TPSA) is 410 Å². The first-order chi connectivity index (χ1) is 46.4. The van der Waals surface area contributed by atoms with Gasteiger partial charge in [0.2, 0.25) is 47.1 Å². The van der Waals surface area contributed by atoms with Gasteiger partial charge in [0.25, 0.3) is 0 Å². The number of rotatable bonds is 3. The third kappa shape index (κ3) is 12.0. The van der Waals surface area contributed by atoms with Crippen LogP contribution >= 0.6 is 23.2 Å². The Morgan fingerprint density at radius 3 is 1.72 bits per heavy atom. The highest BCUT2D eigenvalue weighted by Crippen LogP contribution is 2.57. The molecule has 97 heavy (non-hydrogen) atoms. The molecule has 4 saturated carbocycles. The van der Waals surface area contributed by atoms with E-state index in [1.807, 2.05) is 0 Å². The Morgan fingerprint density at radius 2 is 1.06 bits per heavy atom. The van der Waals surface area contributed by atoms with Gasteiger partial charge in [0.05, 0.1) is 10.0 Å². The molecule has 4 fully saturated rings. The van der Waals surface area contributed by atoms with Gasteiger partial charge in [-0.3, -0.25) is 33.6 Å². The van der Waals surface area contributed by atoms with Crippen LogP contribution in [0.3, 0.4) is 0 Å². The average molecular weight is 1360 g/mol. The van der Waals surface area contributed by atoms with Crippen molar-refractivity contribution in [3.8, 4) is 80.1 Å². The SMILES string of the molecule is O=C(N[C@H]1C(=O)N[C@@H]2Cc3ccc(c(Cl)c3)Oc3cc4cc(c3O)Oc3ccc(cc3Cl)[C@@H](O)[C@@H]3NC(=O)[C@H](NC(=O)[C@@H]4NC(=O)[C@@H](NC2=O)c2cc(O)cc(c2)Oc2cc1ccc2O)c1ccc(O)c(c1)-c1c(O)cc(O)cc1[C@@H](C(=O)O)NC3=O)C1C2CC3CC(C2)CC1C3. The van der Waals surface area contributed by atoms with Gasteiger partial charge in [-0.25, -0.2) is 4.79 Å². The van der Waals surface area contributed by atoms with Gasteiger partial charge in [0, 0.05) is 41.2 Å². The van der Waals surface area contributed by atoms with E-state index in [0.29, 0.717) is 17.4 Å². The molecule has 498 valence electrons. The lowest BCUT2D eigenvalue weighted by atomic mass is 9.51. The maximum absolute atomic E-state index is 15.9. The molecule has 17 rings (SSSR count). The lowest BCUT2D eigenvalue weighted by Gasteiger charge is -2.53. The first-order valence-electron chi connectivity index (χ1n) is 31.0. The average Bonchev–Trinajstić information content (AvgIpc) is 0.768. The van der Waals surface area contributed by atoms with E-state index in [1.54, 1.807) is 0 Å². The molecule has 0 radical (unpaired) electrons. The highest BCUT2D eigenvalue weighted by atomic mass is 35.5. The van der Waals surface area contributed by atoms with Crippen molar-refractivity contribution in [1.82, 2.24) is 37.2 Å². The number of carbonyl (C=O) groups is 8. The van der Waals surface area contributed by atoms with Gasteiger partial charge >= 0.3 is 5.97 Å². The van der Waals surface area contributed by atoms with E-state index >= 15 is 24.0 Å². The van der Waals surface area contributed by atoms with Gasteiger partial charge in [0.1, 0.15) is 82.6 Å². The van der Waals surface area contributed by atoms with Crippen LogP contribution in [0, 0.1) is 29.6 Å². The predicted octanol–water partition coefficient (Wildman–Crippen LogP) is 7.21. The van der Waals surface area contributed by atoms with Crippen molar-refractivity contribution in [2.24, 2.45) is 29.6 Å². The molecule has 7 aromatic carbocycles. The van der Waals surface area contributed by atoms with E-state index in [4.69, 9.17) is 37.4 Å². The fourth-order valence-corrected chi connectivity index (χ4v) is 15.4. The second kappa shape index (κ2) is 24.7. The minimum atomic E-state index is -2.21. The molecule has 0 unspecified atom stereocenters. The highest BCUT2D eigenvalue weighted by Gasteiger charge is 2.52. The zero-order valence-electron chi connectivity index (χ0n) is 50.5. The van der Waals surface area contributed by atoms with E-state index < -0.39 is 158 Å². The largest absolute Gasteiger partial charge is 0.508 e. The number of halogens is 2. The number of benzene rings is 7. The standard InChI is InChI=1S/C69H59Cl2N7O19/c70-41-14-26-1-7-47(41)96-50-21-35-22-51(61(50)85)97-48-8-4-31(19-42(48)71)60(84)59-68(92)77-58(69(93)94)40-24-37(80)25-46(83)53(40)39-18-29(2-5-44(39)81)54(65(89)78-59)75-67(91)57(35)76-66(90)56-34-16-36(79)23-38(17-34)95-49-20-30(3-6-45(49)82)55(64(88)72-43(15-26)62(86)73-56)74-63(87)52-32-10-27-9-28(12-32)13-33(52)11-27/h1-8,14,16-25,27-28,32-33,43,52,54-60,79-85H,9-13,15H2,(H,72,88)(H,73,86)(H,74,87)(H,75,91)(H,76,90)(H,77,92)(H,78,89)(H,93,94)/t27?,28?,32?,33?,43-,52?,54-,55-,56+,57-,58+,59+,60-/m1/s1. The molecule has 7 amide bonds. The molecular weight excluding hydrogens is 1300 g/mol. The van der Waals surface area contributed by atoms with Gasteiger partial charge in [0.15, 0.2) is 29.0 Å². The van der Waals surface area contributed by atoms with Crippen molar-refractivity contribution in [3.05, 3.63) is 164 Å². The van der Waals surface area contributed by atoms with Gasteiger partial charge in [-0.15, -0.1) is 0 Å². The van der Waals surface area contributed by atoms with Gasteiger partial charge in [-0.05, 0) is 168 Å². The van der Waals surface area contributed by atoms with Crippen LogP contribution in [0.2, 0.25) is 10.0 Å². The van der Waals surface area contributed by atoms with Crippen molar-refractivity contribution in [3.63, 3.8) is 0 Å². The number of phenols is 6. The normalized spacial score (nSPS) is 26.4. The van der Waals surface area contributed by atoms with Crippen molar-refractivity contribution in [1.29, 1.82) is 0 Å². The maximum Gasteiger partial charge on any atom is 0.330 e. The Bertz CT molecular complexity index is 4520. The number of fused-ring (bicyclic) bond motifs is 14. The second-order valence-corrected chi connectivity index (χ2v) is 26.3. The van der Waals surface area contributed by atoms with E-state index in [-0.39, 0.29) is 85.0 Å². The van der Waals surface area contributed by atoms with Crippen LogP contribution < -0.4 is 51.4 Å². The van der Waals surface area contributed by atoms with Crippen molar-refractivity contribution >= 4 is 70.5 Å². The van der Waals surface area contributed by atoms with Crippen LogP contribution in [0.15, 0.2) is 115 Å². The summed E-state index contributed by atoms with van der Waals surface area (Å²) in [6.45, 7) is 0. The summed E-state index contributed by atoms with van der Waals surface area (Å²) in [6.07, 6.45) is 2.07. The monoisotopic (exact) mass is 1360 g/mol. The molecule has 0 aromatic heterocycles. The number of aromatic hydroxyl groups is 6. The summed E-state index contributed by atoms with van der Waals surface area (Å²) < 4.78 is 18.8. The van der Waals surface area contributed by atoms with Crippen molar-refractivity contribution in [2.75, 3.05) is 0 Å². The smallest absolute Gasteiger partial charge is 0.330 e. The highest BCUT2D eigenvalue weighted by molar-refractivity contribution is 6.32. The number of carbonyl (C=O) groups excluding carboxylic acids is 7. The van der Waals surface area contributed by atoms with E-state index in [9.17, 15) is 55.2 Å². The summed E-state index contributed by atoms with van der Waals surface area (Å²) in [5, 5.41) is 110. The predicted molar refractivity (Wildman–Crippen MR) is 339 cm³/mol. The molecular formula is C69H59Cl2N7O19. The Morgan fingerprint density at radius 1 is 0.485 bits per heavy atom. The number of aliphatic carboxylic acids is 1. The van der Waals surface area contributed by atoms with Crippen LogP contribution in [0.4, 0.5) is 0 Å². The molecule has 6 aliphatic heterocycles. The Balaban J connectivity index is 0.931. The molecule has 0 spiro atoms.